The van der Waals surface area contributed by atoms with Crippen LogP contribution in [0, 0.1) is 0 Å². The summed E-state index contributed by atoms with van der Waals surface area (Å²) in [6, 6.07) is 27.7. The lowest BCUT2D eigenvalue weighted by atomic mass is 10.0. The topological polar surface area (TPSA) is 83.8 Å². The van der Waals surface area contributed by atoms with Crippen molar-refractivity contribution in [1.29, 1.82) is 0 Å². The first kappa shape index (κ1) is 44.1. The van der Waals surface area contributed by atoms with Gasteiger partial charge < -0.3 is 14.9 Å². The third-order valence-electron chi connectivity index (χ3n) is 7.17. The molecule has 5 nitrogen and oxygen atoms in total. The predicted molar refractivity (Wildman–Crippen MR) is 169 cm³/mol. The van der Waals surface area contributed by atoms with Crippen LogP contribution in [0.4, 0.5) is 39.5 Å². The van der Waals surface area contributed by atoms with Crippen LogP contribution in [0.5, 0.6) is 0 Å². The Kier molecular flexibility index (Phi) is 19.4. The minimum atomic E-state index is -5.39. The molecule has 0 radical (unpaired) electrons. The summed E-state index contributed by atoms with van der Waals surface area (Å²) >= 11 is 0. The fraction of sp³-hybridized carbons (Fsp3) is 0.444. The maximum atomic E-state index is 13.2. The van der Waals surface area contributed by atoms with Gasteiger partial charge in [-0.25, -0.2) is 18.0 Å². The lowest BCUT2D eigenvalue weighted by Gasteiger charge is -2.27. The summed E-state index contributed by atoms with van der Waals surface area (Å²) in [5.41, 5.74) is 2.94. The molecule has 3 aromatic carbocycles. The summed E-state index contributed by atoms with van der Waals surface area (Å²) in [6.45, 7) is 0. The van der Waals surface area contributed by atoms with Crippen LogP contribution < -0.4 is 0 Å². The molecule has 3 atom stereocenters. The highest BCUT2D eigenvalue weighted by molar-refractivity contribution is 5.88. The molecule has 2 N–H and O–H groups in total. The monoisotopic (exact) mass is 724 g/mol. The molecule has 0 spiro atoms. The quantitative estimate of drug-likeness (QED) is 0.0933. The second kappa shape index (κ2) is 22.0. The van der Waals surface area contributed by atoms with Crippen LogP contribution in [0.15, 0.2) is 91.0 Å². The lowest BCUT2D eigenvalue weighted by Crippen LogP contribution is -2.52. The highest BCUT2D eigenvalue weighted by Crippen LogP contribution is 2.34. The molecule has 0 saturated heterocycles. The Balaban J connectivity index is 0.000000377. The number of carbonyl (C=O) groups excluding carboxylic acids is 2. The summed E-state index contributed by atoms with van der Waals surface area (Å²) in [4.78, 5) is 21.3. The average molecular weight is 725 g/mol. The fourth-order valence-corrected chi connectivity index (χ4v) is 4.32. The van der Waals surface area contributed by atoms with Gasteiger partial charge in [-0.05, 0) is 74.5 Å². The first-order valence-electron chi connectivity index (χ1n) is 15.6. The highest BCUT2D eigenvalue weighted by atomic mass is 19.4. The SMILES string of the molecule is COC(=O)C(F)CCCc1ccccc1.O=C(C(F)CCCc1ccccc1)C(F)(F)F.OC(O)(C(F)CCCc1ccccc1)C(F)(F)F. The zero-order valence-electron chi connectivity index (χ0n) is 27.3. The largest absolute Gasteiger partial charge is 0.467 e. The molecule has 0 bridgehead atoms. The molecule has 278 valence electrons. The molecule has 0 aliphatic carbocycles. The molecule has 50 heavy (non-hydrogen) atoms. The molecule has 0 heterocycles. The molecule has 0 aromatic heterocycles. The highest BCUT2D eigenvalue weighted by Gasteiger charge is 2.58. The molecule has 0 saturated carbocycles. The van der Waals surface area contributed by atoms with E-state index in [1.54, 1.807) is 54.6 Å². The Morgan fingerprint density at radius 2 is 0.940 bits per heavy atom. The Morgan fingerprint density at radius 1 is 0.600 bits per heavy atom. The minimum absolute atomic E-state index is 0.101. The van der Waals surface area contributed by atoms with Gasteiger partial charge in [0.25, 0.3) is 11.6 Å². The number of aliphatic hydroxyl groups is 2. The first-order valence-corrected chi connectivity index (χ1v) is 15.6. The number of esters is 1. The standard InChI is InChI=1S/C12H14F4O2.C12H12F4O.C12H15FO2/c13-10(11(17,18)12(14,15)16)8-4-7-9-5-2-1-3-6-9;13-10(11(17)12(14,15)16)8-4-7-9-5-2-1-3-6-9;1-15-12(14)11(13)9-5-8-10-6-3-2-4-7-10/h1-3,5-6,10,17-18H,4,7-8H2;1-3,5-6,10H,4,7-8H2;2-4,6-7,11H,5,8-9H2,1H3. The van der Waals surface area contributed by atoms with Gasteiger partial charge in [-0.3, -0.25) is 4.79 Å². The molecule has 0 amide bonds. The van der Waals surface area contributed by atoms with Crippen molar-refractivity contribution in [3.63, 3.8) is 0 Å². The molecule has 0 aliphatic rings. The van der Waals surface area contributed by atoms with Crippen LogP contribution >= 0.6 is 0 Å². The number of ketones is 1. The van der Waals surface area contributed by atoms with E-state index in [-0.39, 0.29) is 19.3 Å². The van der Waals surface area contributed by atoms with Crippen LogP contribution in [0.25, 0.3) is 0 Å². The zero-order chi connectivity index (χ0) is 37.8. The van der Waals surface area contributed by atoms with E-state index < -0.39 is 61.2 Å². The van der Waals surface area contributed by atoms with Gasteiger partial charge in [0.2, 0.25) is 0 Å². The van der Waals surface area contributed by atoms with E-state index in [9.17, 15) is 49.1 Å². The summed E-state index contributed by atoms with van der Waals surface area (Å²) in [5, 5.41) is 17.3. The van der Waals surface area contributed by atoms with E-state index in [1.165, 1.54) is 7.11 Å². The number of Topliss-reactive ketones (excluding diaryl/α,β-unsaturated/α-hetero) is 1. The van der Waals surface area contributed by atoms with Crippen molar-refractivity contribution in [2.45, 2.75) is 94.4 Å². The van der Waals surface area contributed by atoms with Crippen LogP contribution in [0.3, 0.4) is 0 Å². The second-order valence-electron chi connectivity index (χ2n) is 11.1. The van der Waals surface area contributed by atoms with Crippen LogP contribution in [-0.4, -0.2) is 65.7 Å². The van der Waals surface area contributed by atoms with Crippen molar-refractivity contribution in [3.8, 4) is 0 Å². The van der Waals surface area contributed by atoms with Gasteiger partial charge in [0.15, 0.2) is 18.5 Å². The maximum absolute atomic E-state index is 13.2. The van der Waals surface area contributed by atoms with E-state index in [4.69, 9.17) is 10.2 Å². The van der Waals surface area contributed by atoms with Crippen LogP contribution in [0.2, 0.25) is 0 Å². The third-order valence-corrected chi connectivity index (χ3v) is 7.17. The molecule has 3 rings (SSSR count). The van der Waals surface area contributed by atoms with E-state index in [2.05, 4.69) is 4.74 Å². The Morgan fingerprint density at radius 3 is 1.26 bits per heavy atom. The van der Waals surface area contributed by atoms with Crippen LogP contribution in [-0.2, 0) is 33.6 Å². The Hall–Kier alpha value is -3.91. The maximum Gasteiger partial charge on any atom is 0.453 e. The molecule has 0 aliphatic heterocycles. The smallest absolute Gasteiger partial charge is 0.453 e. The van der Waals surface area contributed by atoms with Gasteiger partial charge in [0, 0.05) is 0 Å². The van der Waals surface area contributed by atoms with Crippen molar-refractivity contribution >= 4 is 11.8 Å². The van der Waals surface area contributed by atoms with Crippen molar-refractivity contribution in [1.82, 2.24) is 0 Å². The molecular formula is C36H41F9O5. The first-order chi connectivity index (χ1) is 23.4. The number of methoxy groups -OCH3 is 1. The summed E-state index contributed by atoms with van der Waals surface area (Å²) in [6.07, 6.45) is -15.3. The van der Waals surface area contributed by atoms with Crippen molar-refractivity contribution in [2.75, 3.05) is 7.11 Å². The lowest BCUT2D eigenvalue weighted by molar-refractivity contribution is -0.369. The molecule has 14 heteroatoms. The van der Waals surface area contributed by atoms with E-state index in [0.717, 1.165) is 23.1 Å². The predicted octanol–water partition coefficient (Wildman–Crippen LogP) is 8.59. The van der Waals surface area contributed by atoms with Crippen LogP contribution in [0.1, 0.15) is 55.2 Å². The van der Waals surface area contributed by atoms with Crippen molar-refractivity contribution in [2.24, 2.45) is 0 Å². The number of carbonyl (C=O) groups is 2. The second-order valence-corrected chi connectivity index (χ2v) is 11.1. The van der Waals surface area contributed by atoms with Gasteiger partial charge in [-0.1, -0.05) is 91.0 Å². The Bertz CT molecular complexity index is 1350. The number of rotatable bonds is 15. The fourth-order valence-electron chi connectivity index (χ4n) is 4.32. The molecule has 3 unspecified atom stereocenters. The number of aryl methyl sites for hydroxylation is 3. The van der Waals surface area contributed by atoms with Crippen molar-refractivity contribution in [3.05, 3.63) is 108 Å². The summed E-state index contributed by atoms with van der Waals surface area (Å²) in [5.74, 6) is -7.34. The van der Waals surface area contributed by atoms with Crippen molar-refractivity contribution < 1.29 is 64.1 Å². The van der Waals surface area contributed by atoms with Gasteiger partial charge in [-0.2, -0.15) is 26.3 Å². The van der Waals surface area contributed by atoms with Gasteiger partial charge in [0.05, 0.1) is 7.11 Å². The van der Waals surface area contributed by atoms with Gasteiger partial charge in [0.1, 0.15) is 0 Å². The number of alkyl halides is 9. The molecular weight excluding hydrogens is 683 g/mol. The number of halogens is 9. The Labute approximate surface area is 285 Å². The zero-order valence-corrected chi connectivity index (χ0v) is 27.3. The summed E-state index contributed by atoms with van der Waals surface area (Å²) in [7, 11) is 1.20. The van der Waals surface area contributed by atoms with E-state index in [1.807, 2.05) is 36.4 Å². The van der Waals surface area contributed by atoms with E-state index >= 15 is 0 Å². The number of benzene rings is 3. The number of hydrogen-bond donors (Lipinski definition) is 2. The number of ether oxygens (including phenoxy) is 1. The van der Waals surface area contributed by atoms with Gasteiger partial charge in [-0.15, -0.1) is 0 Å². The third kappa shape index (κ3) is 17.1. The average Bonchev–Trinajstić information content (AvgIpc) is 3.08. The minimum Gasteiger partial charge on any atom is -0.467 e. The molecule has 0 fully saturated rings. The number of hydrogen-bond acceptors (Lipinski definition) is 5. The molecule has 3 aromatic rings. The van der Waals surface area contributed by atoms with E-state index in [0.29, 0.717) is 19.3 Å². The van der Waals surface area contributed by atoms with Gasteiger partial charge >= 0.3 is 18.3 Å². The summed E-state index contributed by atoms with van der Waals surface area (Å²) < 4.78 is 115. The normalized spacial score (nSPS) is 13.4.